The van der Waals surface area contributed by atoms with Gasteiger partial charge in [0, 0.05) is 5.39 Å². The van der Waals surface area contributed by atoms with Crippen LogP contribution in [0.2, 0.25) is 0 Å². The van der Waals surface area contributed by atoms with Gasteiger partial charge in [0.25, 0.3) is 5.91 Å². The SMILES string of the molecule is O=C(O)c1ccc(C2(NC(=O)c3cc(-c4ccc(F)cc4)cc4cnn(Cc5ccc6ccccc6c5)c34)CC2)cc1. The number of hydrogen-bond donors (Lipinski definition) is 2. The maximum absolute atomic E-state index is 14.1. The molecule has 1 amide bonds. The first-order valence-electron chi connectivity index (χ1n) is 13.8. The number of halogens is 1. The minimum atomic E-state index is -0.991. The highest BCUT2D eigenvalue weighted by Gasteiger charge is 2.46. The number of hydrogen-bond acceptors (Lipinski definition) is 3. The molecule has 42 heavy (non-hydrogen) atoms. The van der Waals surface area contributed by atoms with Crippen molar-refractivity contribution in [3.8, 4) is 11.1 Å². The van der Waals surface area contributed by atoms with Crippen molar-refractivity contribution in [2.24, 2.45) is 0 Å². The first-order valence-corrected chi connectivity index (χ1v) is 13.8. The predicted molar refractivity (Wildman–Crippen MR) is 160 cm³/mol. The molecule has 1 saturated carbocycles. The molecule has 0 atom stereocenters. The third-order valence-electron chi connectivity index (χ3n) is 8.09. The Bertz CT molecular complexity index is 1990. The molecule has 2 N–H and O–H groups in total. The van der Waals surface area contributed by atoms with Crippen LogP contribution in [0.3, 0.4) is 0 Å². The van der Waals surface area contributed by atoms with Gasteiger partial charge in [0.2, 0.25) is 0 Å². The third kappa shape index (κ3) is 4.69. The van der Waals surface area contributed by atoms with E-state index in [-0.39, 0.29) is 17.3 Å². The number of nitrogens with one attached hydrogen (secondary N) is 1. The molecule has 1 aliphatic carbocycles. The number of carboxylic acids is 1. The summed E-state index contributed by atoms with van der Waals surface area (Å²) in [4.78, 5) is 25.4. The Morgan fingerprint density at radius 1 is 0.833 bits per heavy atom. The van der Waals surface area contributed by atoms with Crippen LogP contribution >= 0.6 is 0 Å². The lowest BCUT2D eigenvalue weighted by Crippen LogP contribution is -2.35. The fourth-order valence-electron chi connectivity index (χ4n) is 5.67. The number of carboxylic acid groups (broad SMARTS) is 1. The predicted octanol–water partition coefficient (Wildman–Crippen LogP) is 7.16. The number of nitrogens with zero attached hydrogens (tertiary/aromatic N) is 2. The van der Waals surface area contributed by atoms with Crippen molar-refractivity contribution in [1.82, 2.24) is 15.1 Å². The highest BCUT2D eigenvalue weighted by Crippen LogP contribution is 2.46. The van der Waals surface area contributed by atoms with E-state index >= 15 is 0 Å². The second kappa shape index (κ2) is 9.96. The van der Waals surface area contributed by atoms with Gasteiger partial charge < -0.3 is 10.4 Å². The van der Waals surface area contributed by atoms with Crippen LogP contribution in [0.25, 0.3) is 32.8 Å². The second-order valence-electron chi connectivity index (χ2n) is 10.9. The van der Waals surface area contributed by atoms with E-state index in [4.69, 9.17) is 0 Å². The Morgan fingerprint density at radius 2 is 1.57 bits per heavy atom. The van der Waals surface area contributed by atoms with Crippen LogP contribution in [-0.4, -0.2) is 26.8 Å². The quantitative estimate of drug-likeness (QED) is 0.219. The monoisotopic (exact) mass is 555 g/mol. The van der Waals surface area contributed by atoms with Crippen molar-refractivity contribution in [1.29, 1.82) is 0 Å². The maximum atomic E-state index is 14.1. The Hall–Kier alpha value is -5.30. The molecule has 0 saturated heterocycles. The number of aromatic carboxylic acids is 1. The Morgan fingerprint density at radius 3 is 2.29 bits per heavy atom. The topological polar surface area (TPSA) is 84.2 Å². The van der Waals surface area contributed by atoms with Crippen LogP contribution in [-0.2, 0) is 12.1 Å². The van der Waals surface area contributed by atoms with E-state index in [1.807, 2.05) is 28.9 Å². The normalized spacial score (nSPS) is 13.7. The van der Waals surface area contributed by atoms with Gasteiger partial charge in [-0.15, -0.1) is 0 Å². The van der Waals surface area contributed by atoms with Crippen molar-refractivity contribution in [3.05, 3.63) is 137 Å². The second-order valence-corrected chi connectivity index (χ2v) is 10.9. The Balaban J connectivity index is 1.29. The van der Waals surface area contributed by atoms with Crippen molar-refractivity contribution in [2.45, 2.75) is 24.9 Å². The van der Waals surface area contributed by atoms with Gasteiger partial charge >= 0.3 is 5.97 Å². The lowest BCUT2D eigenvalue weighted by Gasteiger charge is -2.19. The summed E-state index contributed by atoms with van der Waals surface area (Å²) in [5, 5.41) is 20.3. The van der Waals surface area contributed by atoms with E-state index in [9.17, 15) is 19.1 Å². The summed E-state index contributed by atoms with van der Waals surface area (Å²) in [5.41, 5.74) is 4.33. The fraction of sp³-hybridized carbons (Fsp3) is 0.114. The fourth-order valence-corrected chi connectivity index (χ4v) is 5.67. The molecule has 206 valence electrons. The van der Waals surface area contributed by atoms with Gasteiger partial charge in [-0.25, -0.2) is 9.18 Å². The average Bonchev–Trinajstić information content (AvgIpc) is 3.68. The van der Waals surface area contributed by atoms with Crippen LogP contribution in [0.5, 0.6) is 0 Å². The zero-order chi connectivity index (χ0) is 28.8. The van der Waals surface area contributed by atoms with Crippen molar-refractivity contribution in [2.75, 3.05) is 0 Å². The Kier molecular flexibility index (Phi) is 6.08. The van der Waals surface area contributed by atoms with E-state index < -0.39 is 11.5 Å². The minimum absolute atomic E-state index is 0.201. The molecule has 1 heterocycles. The molecule has 0 radical (unpaired) electrons. The van der Waals surface area contributed by atoms with Crippen LogP contribution in [0, 0.1) is 5.82 Å². The van der Waals surface area contributed by atoms with E-state index in [1.54, 1.807) is 42.6 Å². The number of benzene rings is 5. The van der Waals surface area contributed by atoms with E-state index in [0.29, 0.717) is 17.6 Å². The van der Waals surface area contributed by atoms with E-state index in [0.717, 1.165) is 51.3 Å². The zero-order valence-electron chi connectivity index (χ0n) is 22.5. The first-order chi connectivity index (χ1) is 20.4. The minimum Gasteiger partial charge on any atom is -0.478 e. The van der Waals surface area contributed by atoms with Crippen LogP contribution in [0.1, 0.15) is 44.7 Å². The number of amides is 1. The summed E-state index contributed by atoms with van der Waals surface area (Å²) in [5.74, 6) is -1.57. The molecule has 0 bridgehead atoms. The summed E-state index contributed by atoms with van der Waals surface area (Å²) in [7, 11) is 0. The van der Waals surface area contributed by atoms with Gasteiger partial charge in [-0.05, 0) is 88.3 Å². The van der Waals surface area contributed by atoms with Crippen LogP contribution in [0.15, 0.2) is 109 Å². The highest BCUT2D eigenvalue weighted by molar-refractivity contribution is 6.08. The summed E-state index contributed by atoms with van der Waals surface area (Å²) in [6, 6.07) is 31.2. The first kappa shape index (κ1) is 25.7. The standard InChI is InChI=1S/C35H26FN3O3/c36-30-13-9-24(10-14-30)27-18-28-20-37-39(21-22-5-6-23-3-1-2-4-26(23)17-22)32(28)31(19-27)33(40)38-35(15-16-35)29-11-7-25(8-12-29)34(41)42/h1-14,17-20H,15-16,21H2,(H,38,40)(H,41,42). The lowest BCUT2D eigenvalue weighted by atomic mass is 9.98. The molecule has 0 unspecified atom stereocenters. The molecule has 0 spiro atoms. The van der Waals surface area contributed by atoms with Gasteiger partial charge in [-0.1, -0.05) is 60.7 Å². The van der Waals surface area contributed by atoms with Gasteiger partial charge in [-0.2, -0.15) is 5.10 Å². The summed E-state index contributed by atoms with van der Waals surface area (Å²) in [6.07, 6.45) is 3.27. The third-order valence-corrected chi connectivity index (χ3v) is 8.09. The smallest absolute Gasteiger partial charge is 0.335 e. The molecule has 5 aromatic carbocycles. The van der Waals surface area contributed by atoms with Crippen molar-refractivity contribution in [3.63, 3.8) is 0 Å². The highest BCUT2D eigenvalue weighted by atomic mass is 19.1. The summed E-state index contributed by atoms with van der Waals surface area (Å²) >= 11 is 0. The molecule has 7 heteroatoms. The van der Waals surface area contributed by atoms with E-state index in [1.165, 1.54) is 12.1 Å². The number of carbonyl (C=O) groups excluding carboxylic acids is 1. The molecule has 7 rings (SSSR count). The molecule has 1 aromatic heterocycles. The molecule has 0 aliphatic heterocycles. The van der Waals surface area contributed by atoms with Crippen molar-refractivity contribution >= 4 is 33.6 Å². The molecule has 1 aliphatic rings. The number of aromatic nitrogens is 2. The number of fused-ring (bicyclic) bond motifs is 2. The van der Waals surface area contributed by atoms with Crippen LogP contribution in [0.4, 0.5) is 4.39 Å². The summed E-state index contributed by atoms with van der Waals surface area (Å²) in [6.45, 7) is 0.478. The lowest BCUT2D eigenvalue weighted by molar-refractivity contribution is 0.0696. The van der Waals surface area contributed by atoms with Gasteiger partial charge in [0.1, 0.15) is 5.82 Å². The number of carbonyl (C=O) groups is 2. The van der Waals surface area contributed by atoms with Gasteiger partial charge in [0.15, 0.2) is 0 Å². The summed E-state index contributed by atoms with van der Waals surface area (Å²) < 4.78 is 15.5. The molecular weight excluding hydrogens is 529 g/mol. The Labute approximate surface area is 241 Å². The van der Waals surface area contributed by atoms with Gasteiger partial charge in [-0.3, -0.25) is 9.48 Å². The van der Waals surface area contributed by atoms with Crippen molar-refractivity contribution < 1.29 is 19.1 Å². The number of rotatable bonds is 7. The maximum Gasteiger partial charge on any atom is 0.335 e. The molecular formula is C35H26FN3O3. The van der Waals surface area contributed by atoms with Crippen LogP contribution < -0.4 is 5.32 Å². The van der Waals surface area contributed by atoms with E-state index in [2.05, 4.69) is 40.7 Å². The molecule has 6 aromatic rings. The zero-order valence-corrected chi connectivity index (χ0v) is 22.5. The largest absolute Gasteiger partial charge is 0.478 e. The average molecular weight is 556 g/mol. The molecule has 1 fully saturated rings. The molecule has 6 nitrogen and oxygen atoms in total. The van der Waals surface area contributed by atoms with Gasteiger partial charge in [0.05, 0.1) is 34.9 Å².